The molecule has 84 valence electrons. The van der Waals surface area contributed by atoms with Crippen molar-refractivity contribution in [2.75, 3.05) is 6.54 Å². The quantitative estimate of drug-likeness (QED) is 0.617. The Bertz CT molecular complexity index is 409. The third-order valence-electron chi connectivity index (χ3n) is 3.02. The number of allylic oxidation sites excluding steroid dienone is 1. The van der Waals surface area contributed by atoms with Crippen LogP contribution in [0.2, 0.25) is 0 Å². The second-order valence-corrected chi connectivity index (χ2v) is 4.12. The summed E-state index contributed by atoms with van der Waals surface area (Å²) in [5, 5.41) is 3.32. The van der Waals surface area contributed by atoms with Crippen molar-refractivity contribution in [2.24, 2.45) is 0 Å². The van der Waals surface area contributed by atoms with E-state index < -0.39 is 0 Å². The van der Waals surface area contributed by atoms with Crippen LogP contribution in [0.3, 0.4) is 0 Å². The van der Waals surface area contributed by atoms with Gasteiger partial charge in [0.2, 0.25) is 0 Å². The molecule has 0 spiro atoms. The van der Waals surface area contributed by atoms with Gasteiger partial charge in [0.05, 0.1) is 0 Å². The first-order valence-corrected chi connectivity index (χ1v) is 5.78. The third kappa shape index (κ3) is 2.22. The van der Waals surface area contributed by atoms with Crippen LogP contribution in [-0.4, -0.2) is 12.3 Å². The summed E-state index contributed by atoms with van der Waals surface area (Å²) in [5.41, 5.74) is 3.44. The predicted octanol–water partition coefficient (Wildman–Crippen LogP) is 2.48. The highest BCUT2D eigenvalue weighted by Gasteiger charge is 2.16. The number of benzene rings is 1. The summed E-state index contributed by atoms with van der Waals surface area (Å²) in [6, 6.07) is 6.04. The van der Waals surface area contributed by atoms with Gasteiger partial charge < -0.3 is 5.32 Å². The fraction of sp³-hybridized carbons (Fsp3) is 0.357. The molecule has 0 radical (unpaired) electrons. The summed E-state index contributed by atoms with van der Waals surface area (Å²) in [4.78, 5) is 12.0. The van der Waals surface area contributed by atoms with Gasteiger partial charge in [0, 0.05) is 18.5 Å². The summed E-state index contributed by atoms with van der Waals surface area (Å²) < 4.78 is 0. The molecule has 1 aliphatic rings. The van der Waals surface area contributed by atoms with Crippen molar-refractivity contribution >= 4 is 5.78 Å². The molecule has 1 aromatic carbocycles. The number of ketones is 1. The molecule has 0 unspecified atom stereocenters. The third-order valence-corrected chi connectivity index (χ3v) is 3.02. The van der Waals surface area contributed by atoms with Crippen LogP contribution in [0.1, 0.15) is 34.3 Å². The van der Waals surface area contributed by atoms with Gasteiger partial charge in [-0.3, -0.25) is 4.79 Å². The second-order valence-electron chi connectivity index (χ2n) is 4.12. The lowest BCUT2D eigenvalue weighted by Crippen LogP contribution is -2.25. The molecule has 1 heterocycles. The Balaban J connectivity index is 2.26. The number of rotatable bonds is 4. The first-order chi connectivity index (χ1) is 7.83. The fourth-order valence-corrected chi connectivity index (χ4v) is 2.16. The Kier molecular flexibility index (Phi) is 3.52. The molecule has 0 amide bonds. The van der Waals surface area contributed by atoms with Crippen LogP contribution in [0.25, 0.3) is 0 Å². The van der Waals surface area contributed by atoms with E-state index >= 15 is 0 Å². The Labute approximate surface area is 96.4 Å². The van der Waals surface area contributed by atoms with E-state index in [1.165, 1.54) is 11.1 Å². The molecular formula is C14H17NO. The summed E-state index contributed by atoms with van der Waals surface area (Å²) >= 11 is 0. The highest BCUT2D eigenvalue weighted by atomic mass is 16.1. The lowest BCUT2D eigenvalue weighted by Gasteiger charge is -2.19. The number of carbonyl (C=O) groups excluding carboxylic acids is 1. The monoisotopic (exact) mass is 215 g/mol. The van der Waals surface area contributed by atoms with E-state index in [2.05, 4.69) is 18.0 Å². The SMILES string of the molecule is C=CCCC(=O)c1cccc2c1CCNC2. The van der Waals surface area contributed by atoms with E-state index in [0.717, 1.165) is 31.5 Å². The van der Waals surface area contributed by atoms with Crippen LogP contribution in [0.5, 0.6) is 0 Å². The van der Waals surface area contributed by atoms with Gasteiger partial charge in [-0.25, -0.2) is 0 Å². The molecule has 0 saturated heterocycles. The van der Waals surface area contributed by atoms with Crippen molar-refractivity contribution in [3.05, 3.63) is 47.5 Å². The molecule has 0 aromatic heterocycles. The van der Waals surface area contributed by atoms with E-state index in [1.807, 2.05) is 12.1 Å². The maximum absolute atomic E-state index is 12.0. The molecule has 0 bridgehead atoms. The van der Waals surface area contributed by atoms with Crippen molar-refractivity contribution < 1.29 is 4.79 Å². The minimum atomic E-state index is 0.249. The minimum Gasteiger partial charge on any atom is -0.312 e. The Morgan fingerprint density at radius 2 is 2.38 bits per heavy atom. The predicted molar refractivity (Wildman–Crippen MR) is 65.6 cm³/mol. The first kappa shape index (κ1) is 11.1. The van der Waals surface area contributed by atoms with E-state index in [-0.39, 0.29) is 5.78 Å². The topological polar surface area (TPSA) is 29.1 Å². The van der Waals surface area contributed by atoms with Crippen LogP contribution in [0, 0.1) is 0 Å². The molecule has 0 atom stereocenters. The van der Waals surface area contributed by atoms with Crippen molar-refractivity contribution in [3.8, 4) is 0 Å². The highest BCUT2D eigenvalue weighted by Crippen LogP contribution is 2.20. The van der Waals surface area contributed by atoms with Crippen molar-refractivity contribution in [1.82, 2.24) is 5.32 Å². The lowest BCUT2D eigenvalue weighted by molar-refractivity contribution is 0.0982. The van der Waals surface area contributed by atoms with E-state index in [4.69, 9.17) is 0 Å². The molecule has 1 aliphatic heterocycles. The van der Waals surface area contributed by atoms with Crippen LogP contribution in [0.15, 0.2) is 30.9 Å². The molecule has 0 saturated carbocycles. The zero-order chi connectivity index (χ0) is 11.4. The summed E-state index contributed by atoms with van der Waals surface area (Å²) in [7, 11) is 0. The maximum atomic E-state index is 12.0. The van der Waals surface area contributed by atoms with Crippen LogP contribution in [-0.2, 0) is 13.0 Å². The molecule has 16 heavy (non-hydrogen) atoms. The number of carbonyl (C=O) groups is 1. The molecular weight excluding hydrogens is 198 g/mol. The second kappa shape index (κ2) is 5.08. The number of Topliss-reactive ketones (excluding diaryl/α,β-unsaturated/α-hetero) is 1. The van der Waals surface area contributed by atoms with Crippen LogP contribution < -0.4 is 5.32 Å². The van der Waals surface area contributed by atoms with Crippen molar-refractivity contribution in [3.63, 3.8) is 0 Å². The van der Waals surface area contributed by atoms with E-state index in [0.29, 0.717) is 6.42 Å². The fourth-order valence-electron chi connectivity index (χ4n) is 2.16. The van der Waals surface area contributed by atoms with Gasteiger partial charge in [-0.05, 0) is 30.5 Å². The van der Waals surface area contributed by atoms with Gasteiger partial charge in [-0.15, -0.1) is 6.58 Å². The largest absolute Gasteiger partial charge is 0.312 e. The van der Waals surface area contributed by atoms with Crippen molar-refractivity contribution in [1.29, 1.82) is 0 Å². The van der Waals surface area contributed by atoms with Crippen molar-refractivity contribution in [2.45, 2.75) is 25.8 Å². The smallest absolute Gasteiger partial charge is 0.163 e. The molecule has 1 aromatic rings. The van der Waals surface area contributed by atoms with Gasteiger partial charge in [0.1, 0.15) is 0 Å². The lowest BCUT2D eigenvalue weighted by atomic mass is 9.92. The Morgan fingerprint density at radius 1 is 1.50 bits per heavy atom. The summed E-state index contributed by atoms with van der Waals surface area (Å²) in [5.74, 6) is 0.249. The molecule has 0 fully saturated rings. The number of hydrogen-bond donors (Lipinski definition) is 1. The summed E-state index contributed by atoms with van der Waals surface area (Å²) in [6.45, 7) is 5.51. The molecule has 0 aliphatic carbocycles. The van der Waals surface area contributed by atoms with Gasteiger partial charge in [-0.2, -0.15) is 0 Å². The first-order valence-electron chi connectivity index (χ1n) is 5.78. The zero-order valence-corrected chi connectivity index (χ0v) is 9.46. The Morgan fingerprint density at radius 3 is 3.19 bits per heavy atom. The number of nitrogens with one attached hydrogen (secondary N) is 1. The average Bonchev–Trinajstić information content (AvgIpc) is 2.35. The van der Waals surface area contributed by atoms with E-state index in [1.54, 1.807) is 6.08 Å². The molecule has 2 heteroatoms. The number of hydrogen-bond acceptors (Lipinski definition) is 2. The van der Waals surface area contributed by atoms with Crippen LogP contribution >= 0.6 is 0 Å². The van der Waals surface area contributed by atoms with Gasteiger partial charge in [-0.1, -0.05) is 24.3 Å². The maximum Gasteiger partial charge on any atom is 0.163 e. The minimum absolute atomic E-state index is 0.249. The highest BCUT2D eigenvalue weighted by molar-refractivity contribution is 5.97. The normalized spacial score (nSPS) is 14.2. The van der Waals surface area contributed by atoms with Gasteiger partial charge in [0.15, 0.2) is 5.78 Å². The molecule has 2 nitrogen and oxygen atoms in total. The number of fused-ring (bicyclic) bond motifs is 1. The zero-order valence-electron chi connectivity index (χ0n) is 9.46. The Hall–Kier alpha value is -1.41. The van der Waals surface area contributed by atoms with Gasteiger partial charge in [0.25, 0.3) is 0 Å². The molecule has 2 rings (SSSR count). The standard InChI is InChI=1S/C14H17NO/c1-2-3-7-14(16)13-6-4-5-11-10-15-9-8-12(11)13/h2,4-6,15H,1,3,7-10H2. The van der Waals surface area contributed by atoms with Gasteiger partial charge >= 0.3 is 0 Å². The van der Waals surface area contributed by atoms with Crippen LogP contribution in [0.4, 0.5) is 0 Å². The average molecular weight is 215 g/mol. The molecule has 1 N–H and O–H groups in total. The van der Waals surface area contributed by atoms with E-state index in [9.17, 15) is 4.79 Å². The summed E-state index contributed by atoms with van der Waals surface area (Å²) in [6.07, 6.45) is 4.11.